The SMILES string of the molecule is OC(CC1c2c(F)cccc2-c2cncn21)C12CC3CC(C1)C(Nc1nc4cc(F)ccc4s1)C(C3)C2. The molecule has 0 amide bonds. The summed E-state index contributed by atoms with van der Waals surface area (Å²) < 4.78 is 31.7. The van der Waals surface area contributed by atoms with Crippen molar-refractivity contribution >= 4 is 26.7 Å². The third-order valence-corrected chi connectivity index (χ3v) is 10.7. The van der Waals surface area contributed by atoms with Gasteiger partial charge in [-0.3, -0.25) is 0 Å². The highest BCUT2D eigenvalue weighted by molar-refractivity contribution is 7.22. The summed E-state index contributed by atoms with van der Waals surface area (Å²) >= 11 is 1.58. The summed E-state index contributed by atoms with van der Waals surface area (Å²) in [6.45, 7) is 0. The number of nitrogens with zero attached hydrogens (tertiary/aromatic N) is 3. The molecule has 2 aromatic heterocycles. The summed E-state index contributed by atoms with van der Waals surface area (Å²) in [4.78, 5) is 8.98. The molecule has 4 unspecified atom stereocenters. The Morgan fingerprint density at radius 3 is 2.81 bits per heavy atom. The number of aliphatic hydroxyl groups is 1. The number of halogens is 2. The fourth-order valence-electron chi connectivity index (χ4n) is 8.53. The predicted molar refractivity (Wildman–Crippen MR) is 139 cm³/mol. The first-order valence-corrected chi connectivity index (χ1v) is 14.1. The van der Waals surface area contributed by atoms with Gasteiger partial charge >= 0.3 is 0 Å². The Balaban J connectivity index is 1.05. The molecule has 5 aliphatic rings. The Kier molecular flexibility index (Phi) is 4.70. The van der Waals surface area contributed by atoms with Crippen molar-refractivity contribution in [3.63, 3.8) is 0 Å². The minimum Gasteiger partial charge on any atom is -0.392 e. The molecule has 1 aliphatic heterocycles. The van der Waals surface area contributed by atoms with E-state index in [2.05, 4.69) is 15.3 Å². The monoisotopic (exact) mass is 518 g/mol. The molecule has 190 valence electrons. The van der Waals surface area contributed by atoms with Crippen LogP contribution < -0.4 is 5.32 Å². The van der Waals surface area contributed by atoms with Crippen molar-refractivity contribution < 1.29 is 13.9 Å². The second-order valence-electron chi connectivity index (χ2n) is 11.8. The molecule has 9 rings (SSSR count). The molecule has 4 bridgehead atoms. The van der Waals surface area contributed by atoms with Crippen LogP contribution in [0.4, 0.5) is 13.9 Å². The van der Waals surface area contributed by atoms with Crippen LogP contribution in [-0.4, -0.2) is 31.8 Å². The van der Waals surface area contributed by atoms with Gasteiger partial charge < -0.3 is 15.0 Å². The zero-order chi connectivity index (χ0) is 24.9. The number of hydrogen-bond acceptors (Lipinski definition) is 5. The Hall–Kier alpha value is -2.84. The second-order valence-corrected chi connectivity index (χ2v) is 12.8. The van der Waals surface area contributed by atoms with Gasteiger partial charge in [0.05, 0.1) is 40.6 Å². The van der Waals surface area contributed by atoms with Crippen molar-refractivity contribution in [3.8, 4) is 11.3 Å². The van der Waals surface area contributed by atoms with Gasteiger partial charge in [-0.15, -0.1) is 0 Å². The standard InChI is InChI=1S/C29H28F2N4OS/c30-18-4-5-24-21(8-18)33-28(37-24)34-27-16-6-15-7-17(27)12-29(10-15,11-16)25(36)9-22-26-19(2-1-3-20(26)31)23-13-32-14-35(22)23/h1-5,8,13-17,22,25,27,36H,6-7,9-12H2,(H,33,34). The number of anilines is 1. The van der Waals surface area contributed by atoms with Gasteiger partial charge in [0.25, 0.3) is 0 Å². The largest absolute Gasteiger partial charge is 0.392 e. The maximum Gasteiger partial charge on any atom is 0.184 e. The zero-order valence-corrected chi connectivity index (χ0v) is 21.1. The normalized spacial score (nSPS) is 32.0. The quantitative estimate of drug-likeness (QED) is 0.321. The Bertz CT molecular complexity index is 1520. The van der Waals surface area contributed by atoms with Gasteiger partial charge in [-0.1, -0.05) is 23.5 Å². The first kappa shape index (κ1) is 22.2. The Morgan fingerprint density at radius 1 is 1.14 bits per heavy atom. The van der Waals surface area contributed by atoms with E-state index in [0.29, 0.717) is 41.3 Å². The fraction of sp³-hybridized carbons (Fsp3) is 0.448. The van der Waals surface area contributed by atoms with E-state index in [-0.39, 0.29) is 23.1 Å². The van der Waals surface area contributed by atoms with Crippen molar-refractivity contribution in [2.24, 2.45) is 23.2 Å². The van der Waals surface area contributed by atoms with E-state index in [1.807, 2.05) is 10.6 Å². The molecule has 4 atom stereocenters. The number of imidazole rings is 1. The minimum atomic E-state index is -0.502. The van der Waals surface area contributed by atoms with E-state index in [4.69, 9.17) is 0 Å². The number of thiazole rings is 1. The van der Waals surface area contributed by atoms with Crippen molar-refractivity contribution in [1.82, 2.24) is 14.5 Å². The highest BCUT2D eigenvalue weighted by Crippen LogP contribution is 2.63. The summed E-state index contributed by atoms with van der Waals surface area (Å²) in [5.74, 6) is 1.11. The van der Waals surface area contributed by atoms with Gasteiger partial charge in [0, 0.05) is 23.2 Å². The highest BCUT2D eigenvalue weighted by Gasteiger charge is 2.58. The second kappa shape index (κ2) is 7.84. The van der Waals surface area contributed by atoms with E-state index in [1.165, 1.54) is 31.0 Å². The molecule has 4 aliphatic carbocycles. The van der Waals surface area contributed by atoms with Crippen molar-refractivity contribution in [2.75, 3.05) is 5.32 Å². The zero-order valence-electron chi connectivity index (χ0n) is 20.3. The lowest BCUT2D eigenvalue weighted by Crippen LogP contribution is -2.59. The lowest BCUT2D eigenvalue weighted by Gasteiger charge is -2.61. The fourth-order valence-corrected chi connectivity index (χ4v) is 9.42. The van der Waals surface area contributed by atoms with Crippen molar-refractivity contribution in [2.45, 2.75) is 56.7 Å². The highest BCUT2D eigenvalue weighted by atomic mass is 32.1. The van der Waals surface area contributed by atoms with E-state index < -0.39 is 6.10 Å². The Morgan fingerprint density at radius 2 is 1.97 bits per heavy atom. The number of fused-ring (bicyclic) bond motifs is 4. The molecule has 4 aromatic rings. The lowest BCUT2D eigenvalue weighted by molar-refractivity contribution is -0.129. The number of benzene rings is 2. The molecule has 3 heterocycles. The number of aliphatic hydroxyl groups excluding tert-OH is 1. The van der Waals surface area contributed by atoms with Gasteiger partial charge in [0.1, 0.15) is 11.6 Å². The molecule has 4 fully saturated rings. The predicted octanol–water partition coefficient (Wildman–Crippen LogP) is 6.40. The number of nitrogens with one attached hydrogen (secondary N) is 1. The molecular weight excluding hydrogens is 490 g/mol. The van der Waals surface area contributed by atoms with Crippen LogP contribution in [0.5, 0.6) is 0 Å². The van der Waals surface area contributed by atoms with E-state index >= 15 is 4.39 Å². The van der Waals surface area contributed by atoms with Gasteiger partial charge in [-0.05, 0) is 79.9 Å². The van der Waals surface area contributed by atoms with Crippen LogP contribution in [0.15, 0.2) is 48.9 Å². The molecular formula is C29H28F2N4OS. The van der Waals surface area contributed by atoms with Gasteiger partial charge in [0.15, 0.2) is 5.13 Å². The maximum absolute atomic E-state index is 15.0. The van der Waals surface area contributed by atoms with Crippen LogP contribution in [0.1, 0.15) is 50.1 Å². The lowest BCUT2D eigenvalue weighted by atomic mass is 9.46. The third-order valence-electron chi connectivity index (χ3n) is 9.78. The summed E-state index contributed by atoms with van der Waals surface area (Å²) in [5, 5.41) is 16.4. The summed E-state index contributed by atoms with van der Waals surface area (Å²) in [7, 11) is 0. The molecule has 2 aromatic carbocycles. The minimum absolute atomic E-state index is 0.125. The molecule has 0 saturated heterocycles. The average molecular weight is 519 g/mol. The molecule has 8 heteroatoms. The van der Waals surface area contributed by atoms with E-state index in [0.717, 1.165) is 40.4 Å². The first-order chi connectivity index (χ1) is 18.0. The van der Waals surface area contributed by atoms with Crippen LogP contribution in [-0.2, 0) is 0 Å². The van der Waals surface area contributed by atoms with Crippen LogP contribution in [0.2, 0.25) is 0 Å². The number of aromatic nitrogens is 3. The van der Waals surface area contributed by atoms with Crippen molar-refractivity contribution in [3.05, 3.63) is 66.1 Å². The number of rotatable bonds is 5. The van der Waals surface area contributed by atoms with Crippen LogP contribution in [0.3, 0.4) is 0 Å². The van der Waals surface area contributed by atoms with Gasteiger partial charge in [-0.2, -0.15) is 0 Å². The molecule has 5 nitrogen and oxygen atoms in total. The third kappa shape index (κ3) is 3.27. The first-order valence-electron chi connectivity index (χ1n) is 13.3. The van der Waals surface area contributed by atoms with E-state index in [9.17, 15) is 9.50 Å². The van der Waals surface area contributed by atoms with Gasteiger partial charge in [0.2, 0.25) is 0 Å². The number of hydrogen-bond donors (Lipinski definition) is 2. The van der Waals surface area contributed by atoms with Crippen LogP contribution in [0.25, 0.3) is 21.5 Å². The topological polar surface area (TPSA) is 63.0 Å². The summed E-state index contributed by atoms with van der Waals surface area (Å²) in [6, 6.07) is 10.1. The van der Waals surface area contributed by atoms with Gasteiger partial charge in [-0.25, -0.2) is 18.7 Å². The molecule has 0 radical (unpaired) electrons. The van der Waals surface area contributed by atoms with Crippen LogP contribution >= 0.6 is 11.3 Å². The molecule has 2 N–H and O–H groups in total. The summed E-state index contributed by atoms with van der Waals surface area (Å²) in [6.07, 6.45) is 8.93. The van der Waals surface area contributed by atoms with Crippen molar-refractivity contribution in [1.29, 1.82) is 0 Å². The summed E-state index contributed by atoms with van der Waals surface area (Å²) in [5.41, 5.74) is 3.08. The van der Waals surface area contributed by atoms with Crippen LogP contribution in [0, 0.1) is 34.8 Å². The average Bonchev–Trinajstić information content (AvgIpc) is 3.57. The molecule has 0 spiro atoms. The molecule has 4 saturated carbocycles. The maximum atomic E-state index is 15.0. The smallest absolute Gasteiger partial charge is 0.184 e. The Labute approximate surface area is 217 Å². The molecule has 37 heavy (non-hydrogen) atoms. The van der Waals surface area contributed by atoms with E-state index in [1.54, 1.807) is 36.0 Å².